The molecule has 4 heteroatoms. The summed E-state index contributed by atoms with van der Waals surface area (Å²) in [4.78, 5) is 11.7. The van der Waals surface area contributed by atoms with E-state index < -0.39 is 6.10 Å². The maximum atomic E-state index is 11.7. The van der Waals surface area contributed by atoms with Crippen molar-refractivity contribution in [2.45, 2.75) is 37.8 Å². The second-order valence-corrected chi connectivity index (χ2v) is 4.42. The highest BCUT2D eigenvalue weighted by molar-refractivity contribution is 5.89. The van der Waals surface area contributed by atoms with E-state index in [9.17, 15) is 9.90 Å². The van der Waals surface area contributed by atoms with E-state index in [0.717, 1.165) is 31.4 Å². The zero-order valence-corrected chi connectivity index (χ0v) is 9.73. The number of carbonyl (C=O) groups is 1. The number of urea groups is 1. The number of para-hydroxylation sites is 1. The van der Waals surface area contributed by atoms with Crippen LogP contribution in [0.4, 0.5) is 10.5 Å². The Bertz CT molecular complexity index is 367. The molecular weight excluding hydrogens is 216 g/mol. The van der Waals surface area contributed by atoms with Crippen molar-refractivity contribution in [3.8, 4) is 0 Å². The molecule has 0 unspecified atom stereocenters. The largest absolute Gasteiger partial charge is 0.391 e. The lowest BCUT2D eigenvalue weighted by Gasteiger charge is -2.28. The van der Waals surface area contributed by atoms with Crippen LogP contribution in [0.25, 0.3) is 0 Å². The first-order valence-corrected chi connectivity index (χ1v) is 6.06. The van der Waals surface area contributed by atoms with E-state index in [4.69, 9.17) is 0 Å². The molecule has 1 aromatic rings. The van der Waals surface area contributed by atoms with Crippen molar-refractivity contribution >= 4 is 11.7 Å². The Kier molecular flexibility index (Phi) is 3.98. The maximum absolute atomic E-state index is 11.7. The predicted molar refractivity (Wildman–Crippen MR) is 66.9 cm³/mol. The summed E-state index contributed by atoms with van der Waals surface area (Å²) in [6, 6.07) is 8.92. The molecule has 17 heavy (non-hydrogen) atoms. The average molecular weight is 234 g/mol. The molecule has 0 saturated heterocycles. The first-order chi connectivity index (χ1) is 8.25. The highest BCUT2D eigenvalue weighted by Crippen LogP contribution is 2.18. The quantitative estimate of drug-likeness (QED) is 0.734. The highest BCUT2D eigenvalue weighted by atomic mass is 16.3. The van der Waals surface area contributed by atoms with Crippen LogP contribution in [0, 0.1) is 0 Å². The maximum Gasteiger partial charge on any atom is 0.319 e. The van der Waals surface area contributed by atoms with Gasteiger partial charge in [-0.05, 0) is 25.0 Å². The molecule has 1 fully saturated rings. The standard InChI is InChI=1S/C13H18N2O2/c16-12-9-5-4-8-11(12)15-13(17)14-10-6-2-1-3-7-10/h1-3,6-7,11-12,16H,4-5,8-9H2,(H2,14,15,17)/t11-,12-/m0/s1. The van der Waals surface area contributed by atoms with Crippen LogP contribution >= 0.6 is 0 Å². The molecule has 0 bridgehead atoms. The van der Waals surface area contributed by atoms with Crippen LogP contribution in [0.2, 0.25) is 0 Å². The van der Waals surface area contributed by atoms with Crippen LogP contribution in [-0.4, -0.2) is 23.3 Å². The van der Waals surface area contributed by atoms with Crippen LogP contribution < -0.4 is 10.6 Å². The van der Waals surface area contributed by atoms with Crippen LogP contribution in [0.15, 0.2) is 30.3 Å². The molecule has 1 aliphatic carbocycles. The van der Waals surface area contributed by atoms with Crippen molar-refractivity contribution in [2.75, 3.05) is 5.32 Å². The summed E-state index contributed by atoms with van der Waals surface area (Å²) in [6.07, 6.45) is 3.32. The van der Waals surface area contributed by atoms with Gasteiger partial charge in [0.05, 0.1) is 12.1 Å². The third-order valence-corrected chi connectivity index (χ3v) is 3.08. The summed E-state index contributed by atoms with van der Waals surface area (Å²) in [5, 5.41) is 15.3. The number of anilines is 1. The second-order valence-electron chi connectivity index (χ2n) is 4.42. The SMILES string of the molecule is O=C(Nc1ccccc1)N[C@H]1CCCC[C@@H]1O. The van der Waals surface area contributed by atoms with Gasteiger partial charge in [-0.2, -0.15) is 0 Å². The molecule has 1 aliphatic rings. The second kappa shape index (κ2) is 5.68. The Hall–Kier alpha value is -1.55. The molecule has 0 spiro atoms. The lowest BCUT2D eigenvalue weighted by atomic mass is 9.93. The summed E-state index contributed by atoms with van der Waals surface area (Å²) in [6.45, 7) is 0. The van der Waals surface area contributed by atoms with E-state index in [2.05, 4.69) is 10.6 Å². The lowest BCUT2D eigenvalue weighted by Crippen LogP contribution is -2.46. The number of benzene rings is 1. The minimum atomic E-state index is -0.412. The summed E-state index contributed by atoms with van der Waals surface area (Å²) >= 11 is 0. The fourth-order valence-electron chi connectivity index (χ4n) is 2.14. The number of hydrogen-bond acceptors (Lipinski definition) is 2. The Morgan fingerprint density at radius 1 is 1.18 bits per heavy atom. The molecule has 1 saturated carbocycles. The van der Waals surface area contributed by atoms with E-state index in [0.29, 0.717) is 0 Å². The number of amides is 2. The fraction of sp³-hybridized carbons (Fsp3) is 0.462. The van der Waals surface area contributed by atoms with E-state index in [1.807, 2.05) is 30.3 Å². The first-order valence-electron chi connectivity index (χ1n) is 6.06. The van der Waals surface area contributed by atoms with E-state index in [1.165, 1.54) is 0 Å². The lowest BCUT2D eigenvalue weighted by molar-refractivity contribution is 0.0955. The number of aliphatic hydroxyl groups excluding tert-OH is 1. The summed E-state index contributed by atoms with van der Waals surface area (Å²) < 4.78 is 0. The smallest absolute Gasteiger partial charge is 0.319 e. The van der Waals surface area contributed by atoms with Gasteiger partial charge in [0, 0.05) is 5.69 Å². The zero-order valence-electron chi connectivity index (χ0n) is 9.73. The predicted octanol–water partition coefficient (Wildman–Crippen LogP) is 2.11. The van der Waals surface area contributed by atoms with E-state index in [1.54, 1.807) is 0 Å². The minimum absolute atomic E-state index is 0.118. The van der Waals surface area contributed by atoms with Gasteiger partial charge in [-0.3, -0.25) is 0 Å². The zero-order chi connectivity index (χ0) is 12.1. The van der Waals surface area contributed by atoms with E-state index in [-0.39, 0.29) is 12.1 Å². The van der Waals surface area contributed by atoms with Gasteiger partial charge in [0.15, 0.2) is 0 Å². The third kappa shape index (κ3) is 3.46. The Morgan fingerprint density at radius 3 is 2.59 bits per heavy atom. The van der Waals surface area contributed by atoms with Crippen LogP contribution in [0.3, 0.4) is 0 Å². The van der Waals surface area contributed by atoms with Gasteiger partial charge >= 0.3 is 6.03 Å². The topological polar surface area (TPSA) is 61.4 Å². The molecule has 4 nitrogen and oxygen atoms in total. The summed E-state index contributed by atoms with van der Waals surface area (Å²) in [7, 11) is 0. The molecule has 2 atom stereocenters. The van der Waals surface area contributed by atoms with Crippen LogP contribution in [0.5, 0.6) is 0 Å². The number of nitrogens with one attached hydrogen (secondary N) is 2. The molecule has 92 valence electrons. The minimum Gasteiger partial charge on any atom is -0.391 e. The Labute approximate surface area is 101 Å². The van der Waals surface area contributed by atoms with Gasteiger partial charge in [0.25, 0.3) is 0 Å². The molecular formula is C13H18N2O2. The molecule has 1 aromatic carbocycles. The van der Waals surface area contributed by atoms with Crippen molar-refractivity contribution < 1.29 is 9.90 Å². The number of rotatable bonds is 2. The monoisotopic (exact) mass is 234 g/mol. The van der Waals surface area contributed by atoms with Gasteiger partial charge in [-0.15, -0.1) is 0 Å². The van der Waals surface area contributed by atoms with Crippen LogP contribution in [-0.2, 0) is 0 Å². The molecule has 2 rings (SSSR count). The van der Waals surface area contributed by atoms with Crippen LogP contribution in [0.1, 0.15) is 25.7 Å². The summed E-state index contributed by atoms with van der Waals surface area (Å²) in [5.74, 6) is 0. The number of aliphatic hydroxyl groups is 1. The van der Waals surface area contributed by atoms with Crippen molar-refractivity contribution in [3.63, 3.8) is 0 Å². The normalized spacial score (nSPS) is 24.1. The Morgan fingerprint density at radius 2 is 1.88 bits per heavy atom. The van der Waals surface area contributed by atoms with Crippen molar-refractivity contribution in [3.05, 3.63) is 30.3 Å². The molecule has 3 N–H and O–H groups in total. The highest BCUT2D eigenvalue weighted by Gasteiger charge is 2.24. The Balaban J connectivity index is 1.84. The van der Waals surface area contributed by atoms with Gasteiger partial charge in [-0.25, -0.2) is 4.79 Å². The molecule has 2 amide bonds. The molecule has 0 aliphatic heterocycles. The van der Waals surface area contributed by atoms with Crippen molar-refractivity contribution in [1.82, 2.24) is 5.32 Å². The molecule has 0 radical (unpaired) electrons. The third-order valence-electron chi connectivity index (χ3n) is 3.08. The molecule has 0 heterocycles. The van der Waals surface area contributed by atoms with Gasteiger partial charge < -0.3 is 15.7 Å². The number of hydrogen-bond donors (Lipinski definition) is 3. The first kappa shape index (κ1) is 11.9. The van der Waals surface area contributed by atoms with Gasteiger partial charge in [-0.1, -0.05) is 31.0 Å². The van der Waals surface area contributed by atoms with Crippen molar-refractivity contribution in [2.24, 2.45) is 0 Å². The summed E-state index contributed by atoms with van der Waals surface area (Å²) in [5.41, 5.74) is 0.760. The molecule has 0 aromatic heterocycles. The number of carbonyl (C=O) groups excluding carboxylic acids is 1. The van der Waals surface area contributed by atoms with Crippen molar-refractivity contribution in [1.29, 1.82) is 0 Å². The average Bonchev–Trinajstić information content (AvgIpc) is 2.33. The van der Waals surface area contributed by atoms with Gasteiger partial charge in [0.2, 0.25) is 0 Å². The fourth-order valence-corrected chi connectivity index (χ4v) is 2.14. The van der Waals surface area contributed by atoms with Gasteiger partial charge in [0.1, 0.15) is 0 Å². The van der Waals surface area contributed by atoms with E-state index >= 15 is 0 Å².